The van der Waals surface area contributed by atoms with Crippen molar-refractivity contribution in [2.24, 2.45) is 0 Å². The van der Waals surface area contributed by atoms with E-state index in [2.05, 4.69) is 46.6 Å². The van der Waals surface area contributed by atoms with Crippen molar-refractivity contribution in [3.05, 3.63) is 0 Å². The normalized spacial score (nSPS) is 13.4. The number of hydrogen-bond acceptors (Lipinski definition) is 7. The Hall–Kier alpha value is 0.580. The molecule has 2 unspecified atom stereocenters. The van der Waals surface area contributed by atoms with Crippen molar-refractivity contribution < 1.29 is 28.5 Å². The van der Waals surface area contributed by atoms with Crippen LogP contribution in [0.25, 0.3) is 0 Å². The fourth-order valence-corrected chi connectivity index (χ4v) is 6.19. The second kappa shape index (κ2) is 23.7. The molecule has 0 spiro atoms. The molecule has 2 atom stereocenters. The molecule has 0 aromatic rings. The highest BCUT2D eigenvalue weighted by Gasteiger charge is 2.31. The molecule has 9 heteroatoms. The standard InChI is InChI=1S/C26H57NO6P2/c1-8-17-29-25(12-5,30-18-9-2)34-23-15-27(33-22-14-21-28-7)16-24-35-26(13-6,31-19-10-3)32-20-11-4/h34-35H,8-24H2,1-7H3. The van der Waals surface area contributed by atoms with E-state index in [1.807, 2.05) is 0 Å². The summed E-state index contributed by atoms with van der Waals surface area (Å²) in [5.41, 5.74) is -0.927. The smallest absolute Gasteiger partial charge is 0.183 e. The maximum atomic E-state index is 6.22. The lowest BCUT2D eigenvalue weighted by Crippen LogP contribution is -2.35. The average molecular weight is 542 g/mol. The number of nitrogens with zero attached hydrogens (tertiary/aromatic N) is 1. The summed E-state index contributed by atoms with van der Waals surface area (Å²) in [5.74, 6) is 0. The molecule has 0 N–H and O–H groups in total. The topological polar surface area (TPSA) is 58.6 Å². The van der Waals surface area contributed by atoms with Crippen LogP contribution in [0.2, 0.25) is 0 Å². The van der Waals surface area contributed by atoms with E-state index in [0.29, 0.717) is 30.4 Å². The van der Waals surface area contributed by atoms with Gasteiger partial charge in [0.05, 0.1) is 33.0 Å². The molecule has 35 heavy (non-hydrogen) atoms. The molecule has 7 nitrogen and oxygen atoms in total. The maximum Gasteiger partial charge on any atom is 0.183 e. The number of hydroxylamine groups is 2. The van der Waals surface area contributed by atoms with Crippen LogP contribution in [0.15, 0.2) is 0 Å². The molecular weight excluding hydrogens is 484 g/mol. The van der Waals surface area contributed by atoms with Crippen LogP contribution in [0.4, 0.5) is 0 Å². The van der Waals surface area contributed by atoms with Crippen LogP contribution >= 0.6 is 17.2 Å². The van der Waals surface area contributed by atoms with E-state index in [9.17, 15) is 0 Å². The number of hydrogen-bond donors (Lipinski definition) is 0. The van der Waals surface area contributed by atoms with Gasteiger partial charge in [0.2, 0.25) is 0 Å². The van der Waals surface area contributed by atoms with E-state index in [-0.39, 0.29) is 0 Å². The van der Waals surface area contributed by atoms with Crippen molar-refractivity contribution >= 4 is 17.2 Å². The molecule has 0 saturated carbocycles. The van der Waals surface area contributed by atoms with Crippen LogP contribution in [0, 0.1) is 0 Å². The van der Waals surface area contributed by atoms with E-state index >= 15 is 0 Å². The molecular formula is C26H57NO6P2. The van der Waals surface area contributed by atoms with Gasteiger partial charge in [-0.2, -0.15) is 5.06 Å². The van der Waals surface area contributed by atoms with Crippen molar-refractivity contribution in [1.82, 2.24) is 5.06 Å². The van der Waals surface area contributed by atoms with Crippen molar-refractivity contribution in [3.63, 3.8) is 0 Å². The molecule has 0 aliphatic rings. The van der Waals surface area contributed by atoms with E-state index < -0.39 is 11.1 Å². The van der Waals surface area contributed by atoms with Crippen LogP contribution in [-0.2, 0) is 28.5 Å². The molecule has 0 aromatic heterocycles. The molecule has 0 fully saturated rings. The Morgan fingerprint density at radius 2 is 0.971 bits per heavy atom. The average Bonchev–Trinajstić information content (AvgIpc) is 2.89. The molecule has 0 saturated heterocycles. The molecule has 0 aromatic carbocycles. The monoisotopic (exact) mass is 541 g/mol. The second-order valence-electron chi connectivity index (χ2n) is 8.57. The summed E-state index contributed by atoms with van der Waals surface area (Å²) in [6.07, 6.45) is 8.56. The van der Waals surface area contributed by atoms with Gasteiger partial charge in [-0.3, -0.25) is 4.84 Å². The molecule has 0 heterocycles. The van der Waals surface area contributed by atoms with Crippen LogP contribution in [0.5, 0.6) is 0 Å². The first-order chi connectivity index (χ1) is 17.0. The highest BCUT2D eigenvalue weighted by molar-refractivity contribution is 7.39. The predicted molar refractivity (Wildman–Crippen MR) is 151 cm³/mol. The first-order valence-electron chi connectivity index (χ1n) is 13.9. The van der Waals surface area contributed by atoms with Gasteiger partial charge in [-0.15, -0.1) is 0 Å². The highest BCUT2D eigenvalue weighted by atomic mass is 31.1. The largest absolute Gasteiger partial charge is 0.385 e. The minimum Gasteiger partial charge on any atom is -0.385 e. The third-order valence-electron chi connectivity index (χ3n) is 5.37. The summed E-state index contributed by atoms with van der Waals surface area (Å²) >= 11 is 0. The summed E-state index contributed by atoms with van der Waals surface area (Å²) in [6.45, 7) is 18.9. The number of rotatable bonds is 27. The van der Waals surface area contributed by atoms with Gasteiger partial charge in [-0.1, -0.05) is 58.7 Å². The van der Waals surface area contributed by atoms with Gasteiger partial charge in [0.1, 0.15) is 0 Å². The van der Waals surface area contributed by atoms with Crippen LogP contribution in [0.3, 0.4) is 0 Å². The molecule has 0 amide bonds. The zero-order valence-corrected chi connectivity index (χ0v) is 25.9. The van der Waals surface area contributed by atoms with Gasteiger partial charge in [0.25, 0.3) is 0 Å². The molecule has 0 bridgehead atoms. The third kappa shape index (κ3) is 16.9. The van der Waals surface area contributed by atoms with Crippen LogP contribution in [-0.4, -0.2) is 88.3 Å². The van der Waals surface area contributed by atoms with Gasteiger partial charge >= 0.3 is 0 Å². The third-order valence-corrected chi connectivity index (χ3v) is 8.68. The molecule has 0 rings (SSSR count). The summed E-state index contributed by atoms with van der Waals surface area (Å²) in [5, 5.41) is 2.12. The van der Waals surface area contributed by atoms with E-state index in [1.165, 1.54) is 0 Å². The van der Waals surface area contributed by atoms with Crippen molar-refractivity contribution in [2.75, 3.05) is 72.2 Å². The zero-order chi connectivity index (χ0) is 26.3. The fraction of sp³-hybridized carbons (Fsp3) is 1.00. The van der Waals surface area contributed by atoms with Crippen molar-refractivity contribution in [3.8, 4) is 0 Å². The minimum absolute atomic E-state index is 0.463. The molecule has 0 aliphatic heterocycles. The Kier molecular flexibility index (Phi) is 24.1. The summed E-state index contributed by atoms with van der Waals surface area (Å²) in [6, 6.07) is 0. The summed E-state index contributed by atoms with van der Waals surface area (Å²) in [4.78, 5) is 6.16. The van der Waals surface area contributed by atoms with Crippen molar-refractivity contribution in [1.29, 1.82) is 0 Å². The maximum absolute atomic E-state index is 6.22. The van der Waals surface area contributed by atoms with Crippen molar-refractivity contribution in [2.45, 2.75) is 97.5 Å². The Labute approximate surface area is 220 Å². The molecule has 0 aliphatic carbocycles. The fourth-order valence-electron chi connectivity index (χ4n) is 3.39. The summed E-state index contributed by atoms with van der Waals surface area (Å²) < 4.78 is 30.1. The quantitative estimate of drug-likeness (QED) is 0.0513. The minimum atomic E-state index is -0.463. The zero-order valence-electron chi connectivity index (χ0n) is 23.9. The van der Waals surface area contributed by atoms with E-state index in [0.717, 1.165) is 96.8 Å². The van der Waals surface area contributed by atoms with Crippen LogP contribution < -0.4 is 0 Å². The highest BCUT2D eigenvalue weighted by Crippen LogP contribution is 2.39. The lowest BCUT2D eigenvalue weighted by Gasteiger charge is -2.35. The van der Waals surface area contributed by atoms with Gasteiger partial charge in [-0.05, 0) is 44.4 Å². The second-order valence-corrected chi connectivity index (χ2v) is 11.8. The van der Waals surface area contributed by atoms with Gasteiger partial charge in [0.15, 0.2) is 11.1 Å². The van der Waals surface area contributed by atoms with Gasteiger partial charge < -0.3 is 23.7 Å². The SMILES string of the molecule is CCCOC(CC)(OCCC)PCCN(CCPC(CC)(OCCC)OCCC)OCCCOC. The van der Waals surface area contributed by atoms with E-state index in [4.69, 9.17) is 28.5 Å². The Morgan fingerprint density at radius 1 is 0.571 bits per heavy atom. The number of methoxy groups -OCH3 is 1. The Balaban J connectivity index is 5.01. The van der Waals surface area contributed by atoms with Crippen LogP contribution in [0.1, 0.15) is 86.5 Å². The first-order valence-corrected chi connectivity index (χ1v) is 16.3. The lowest BCUT2D eigenvalue weighted by molar-refractivity contribution is -0.177. The molecule has 0 radical (unpaired) electrons. The first kappa shape index (κ1) is 35.6. The predicted octanol–water partition coefficient (Wildman–Crippen LogP) is 6.45. The number of ether oxygens (including phenoxy) is 5. The van der Waals surface area contributed by atoms with Gasteiger partial charge in [-0.25, -0.2) is 0 Å². The van der Waals surface area contributed by atoms with Gasteiger partial charge in [0, 0.05) is 39.6 Å². The summed E-state index contributed by atoms with van der Waals surface area (Å²) in [7, 11) is 2.87. The van der Waals surface area contributed by atoms with E-state index in [1.54, 1.807) is 7.11 Å². The lowest BCUT2D eigenvalue weighted by atomic mass is 10.4. The Morgan fingerprint density at radius 3 is 1.29 bits per heavy atom. The Bertz CT molecular complexity index is 412. The molecule has 212 valence electrons.